The van der Waals surface area contributed by atoms with E-state index in [1.54, 1.807) is 25.2 Å². The van der Waals surface area contributed by atoms with Crippen LogP contribution in [0.15, 0.2) is 18.2 Å². The van der Waals surface area contributed by atoms with Crippen LogP contribution in [0.5, 0.6) is 11.5 Å². The van der Waals surface area contributed by atoms with E-state index in [0.717, 1.165) is 31.2 Å². The molecule has 1 atom stereocenters. The van der Waals surface area contributed by atoms with E-state index in [-0.39, 0.29) is 17.9 Å². The van der Waals surface area contributed by atoms with Crippen molar-refractivity contribution >= 4 is 11.8 Å². The van der Waals surface area contributed by atoms with Crippen LogP contribution in [0.3, 0.4) is 0 Å². The van der Waals surface area contributed by atoms with Crippen LogP contribution in [-0.2, 0) is 16.1 Å². The molecule has 0 radical (unpaired) electrons. The van der Waals surface area contributed by atoms with Gasteiger partial charge in [-0.25, -0.2) is 0 Å². The summed E-state index contributed by atoms with van der Waals surface area (Å²) in [5.74, 6) is 1.32. The van der Waals surface area contributed by atoms with Gasteiger partial charge in [-0.15, -0.1) is 0 Å². The van der Waals surface area contributed by atoms with Crippen LogP contribution in [0.2, 0.25) is 0 Å². The second kappa shape index (κ2) is 7.56. The molecule has 0 bridgehead atoms. The summed E-state index contributed by atoms with van der Waals surface area (Å²) in [6.45, 7) is 2.22. The van der Waals surface area contributed by atoms with E-state index in [9.17, 15) is 9.59 Å². The summed E-state index contributed by atoms with van der Waals surface area (Å²) < 4.78 is 10.7. The SMILES string of the molecule is COc1ccc(CN2C(=O)CC[C@@]2(C)C(=O)NC2CCCC2)c(OC)c1. The number of carbonyl (C=O) groups excluding carboxylic acids is 2. The number of likely N-dealkylation sites (tertiary alicyclic amines) is 1. The van der Waals surface area contributed by atoms with E-state index in [1.807, 2.05) is 19.1 Å². The van der Waals surface area contributed by atoms with Crippen LogP contribution < -0.4 is 14.8 Å². The van der Waals surface area contributed by atoms with Gasteiger partial charge in [0.15, 0.2) is 0 Å². The van der Waals surface area contributed by atoms with Crippen molar-refractivity contribution in [2.24, 2.45) is 0 Å². The molecular formula is C20H28N2O4. The molecule has 0 spiro atoms. The lowest BCUT2D eigenvalue weighted by Crippen LogP contribution is -2.55. The first-order valence-corrected chi connectivity index (χ1v) is 9.30. The van der Waals surface area contributed by atoms with Crippen molar-refractivity contribution in [3.63, 3.8) is 0 Å². The quantitative estimate of drug-likeness (QED) is 0.847. The Morgan fingerprint density at radius 3 is 2.65 bits per heavy atom. The predicted molar refractivity (Wildman–Crippen MR) is 98.1 cm³/mol. The Labute approximate surface area is 154 Å². The molecule has 6 heteroatoms. The van der Waals surface area contributed by atoms with Gasteiger partial charge in [0.2, 0.25) is 11.8 Å². The Morgan fingerprint density at radius 1 is 1.27 bits per heavy atom. The van der Waals surface area contributed by atoms with Gasteiger partial charge in [-0.3, -0.25) is 9.59 Å². The number of rotatable bonds is 6. The highest BCUT2D eigenvalue weighted by atomic mass is 16.5. The van der Waals surface area contributed by atoms with Crippen LogP contribution in [0.4, 0.5) is 0 Å². The molecule has 1 saturated carbocycles. The minimum Gasteiger partial charge on any atom is -0.497 e. The number of carbonyl (C=O) groups is 2. The van der Waals surface area contributed by atoms with E-state index in [2.05, 4.69) is 5.32 Å². The first-order valence-electron chi connectivity index (χ1n) is 9.30. The van der Waals surface area contributed by atoms with Crippen LogP contribution >= 0.6 is 0 Å². The molecule has 0 unspecified atom stereocenters. The van der Waals surface area contributed by atoms with E-state index in [4.69, 9.17) is 9.47 Å². The van der Waals surface area contributed by atoms with Gasteiger partial charge in [0.1, 0.15) is 17.0 Å². The standard InChI is InChI=1S/C20H28N2O4/c1-20(19(24)21-15-6-4-5-7-15)11-10-18(23)22(20)13-14-8-9-16(25-2)12-17(14)26-3/h8-9,12,15H,4-7,10-11,13H2,1-3H3,(H,21,24)/t20-/m0/s1. The largest absolute Gasteiger partial charge is 0.497 e. The van der Waals surface area contributed by atoms with Crippen LogP contribution in [0.25, 0.3) is 0 Å². The summed E-state index contributed by atoms with van der Waals surface area (Å²) in [7, 11) is 3.19. The monoisotopic (exact) mass is 360 g/mol. The molecule has 142 valence electrons. The van der Waals surface area contributed by atoms with Gasteiger partial charge >= 0.3 is 0 Å². The molecule has 1 aliphatic heterocycles. The maximum atomic E-state index is 13.0. The smallest absolute Gasteiger partial charge is 0.245 e. The topological polar surface area (TPSA) is 67.9 Å². The van der Waals surface area contributed by atoms with Gasteiger partial charge in [0, 0.05) is 24.1 Å². The van der Waals surface area contributed by atoms with E-state index < -0.39 is 5.54 Å². The molecule has 1 N–H and O–H groups in total. The highest BCUT2D eigenvalue weighted by Crippen LogP contribution is 2.35. The summed E-state index contributed by atoms with van der Waals surface area (Å²) in [5, 5.41) is 3.16. The summed E-state index contributed by atoms with van der Waals surface area (Å²) in [4.78, 5) is 27.2. The zero-order chi connectivity index (χ0) is 18.7. The van der Waals surface area contributed by atoms with Gasteiger partial charge in [-0.05, 0) is 38.3 Å². The molecule has 2 aliphatic rings. The summed E-state index contributed by atoms with van der Waals surface area (Å²) in [6.07, 6.45) is 5.32. The summed E-state index contributed by atoms with van der Waals surface area (Å²) >= 11 is 0. The predicted octanol–water partition coefficient (Wildman–Crippen LogP) is 2.64. The molecule has 3 rings (SSSR count). The van der Waals surface area contributed by atoms with Gasteiger partial charge in [0.05, 0.1) is 20.8 Å². The second-order valence-corrected chi connectivity index (χ2v) is 7.39. The van der Waals surface area contributed by atoms with Gasteiger partial charge < -0.3 is 19.7 Å². The second-order valence-electron chi connectivity index (χ2n) is 7.39. The molecule has 2 fully saturated rings. The molecule has 1 heterocycles. The van der Waals surface area contributed by atoms with Crippen molar-refractivity contribution < 1.29 is 19.1 Å². The molecule has 0 aromatic heterocycles. The minimum atomic E-state index is -0.815. The lowest BCUT2D eigenvalue weighted by Gasteiger charge is -2.35. The maximum Gasteiger partial charge on any atom is 0.245 e. The van der Waals surface area contributed by atoms with Crippen LogP contribution in [-0.4, -0.2) is 42.5 Å². The fourth-order valence-electron chi connectivity index (χ4n) is 3.96. The number of benzene rings is 1. The Hall–Kier alpha value is -2.24. The molecular weight excluding hydrogens is 332 g/mol. The Bertz CT molecular complexity index is 684. The third kappa shape index (κ3) is 3.50. The van der Waals surface area contributed by atoms with Crippen LogP contribution in [0.1, 0.15) is 51.0 Å². The summed E-state index contributed by atoms with van der Waals surface area (Å²) in [6, 6.07) is 5.77. The zero-order valence-corrected chi connectivity index (χ0v) is 15.8. The molecule has 1 aromatic carbocycles. The number of methoxy groups -OCH3 is 2. The number of hydrogen-bond donors (Lipinski definition) is 1. The minimum absolute atomic E-state index is 0.00643. The van der Waals surface area contributed by atoms with Crippen molar-refractivity contribution in [2.75, 3.05) is 14.2 Å². The molecule has 1 saturated heterocycles. The van der Waals surface area contributed by atoms with Crippen molar-refractivity contribution in [1.82, 2.24) is 10.2 Å². The Kier molecular flexibility index (Phi) is 5.39. The third-order valence-corrected chi connectivity index (χ3v) is 5.72. The molecule has 2 amide bonds. The molecule has 6 nitrogen and oxygen atoms in total. The third-order valence-electron chi connectivity index (χ3n) is 5.72. The van der Waals surface area contributed by atoms with Gasteiger partial charge in [-0.1, -0.05) is 12.8 Å². The Morgan fingerprint density at radius 2 is 2.00 bits per heavy atom. The van der Waals surface area contributed by atoms with Gasteiger partial charge in [0.25, 0.3) is 0 Å². The normalized spacial score (nSPS) is 23.3. The molecule has 26 heavy (non-hydrogen) atoms. The number of nitrogens with zero attached hydrogens (tertiary/aromatic N) is 1. The summed E-state index contributed by atoms with van der Waals surface area (Å²) in [5.41, 5.74) is 0.0494. The molecule has 1 aliphatic carbocycles. The highest BCUT2D eigenvalue weighted by Gasteiger charge is 2.47. The van der Waals surface area contributed by atoms with Crippen molar-refractivity contribution in [1.29, 1.82) is 0 Å². The van der Waals surface area contributed by atoms with Crippen molar-refractivity contribution in [3.05, 3.63) is 23.8 Å². The number of nitrogens with one attached hydrogen (secondary N) is 1. The average molecular weight is 360 g/mol. The molecule has 1 aromatic rings. The fraction of sp³-hybridized carbons (Fsp3) is 0.600. The average Bonchev–Trinajstić information content (AvgIpc) is 3.26. The number of ether oxygens (including phenoxy) is 2. The lowest BCUT2D eigenvalue weighted by molar-refractivity contribution is -0.141. The first kappa shape index (κ1) is 18.5. The van der Waals surface area contributed by atoms with E-state index >= 15 is 0 Å². The number of hydrogen-bond acceptors (Lipinski definition) is 4. The van der Waals surface area contributed by atoms with E-state index in [0.29, 0.717) is 30.9 Å². The maximum absolute atomic E-state index is 13.0. The first-order chi connectivity index (χ1) is 12.5. The zero-order valence-electron chi connectivity index (χ0n) is 15.8. The fourth-order valence-corrected chi connectivity index (χ4v) is 3.96. The lowest BCUT2D eigenvalue weighted by atomic mass is 9.96. The van der Waals surface area contributed by atoms with E-state index in [1.165, 1.54) is 0 Å². The van der Waals surface area contributed by atoms with Crippen molar-refractivity contribution in [3.8, 4) is 11.5 Å². The van der Waals surface area contributed by atoms with Gasteiger partial charge in [-0.2, -0.15) is 0 Å². The van der Waals surface area contributed by atoms with Crippen LogP contribution in [0, 0.1) is 0 Å². The highest BCUT2D eigenvalue weighted by molar-refractivity contribution is 5.94. The number of amides is 2. The Balaban J connectivity index is 1.80. The van der Waals surface area contributed by atoms with Crippen molar-refractivity contribution in [2.45, 2.75) is 63.6 Å².